The number of carbonyl (C=O) groups is 6. The van der Waals surface area contributed by atoms with Crippen LogP contribution in [-0.4, -0.2) is 217 Å². The number of carbonyl (C=O) groups excluding carboxylic acids is 6. The first-order valence-corrected chi connectivity index (χ1v) is 45.3. The number of hydrogen-bond donors (Lipinski definition) is 10. The molecule has 7 aromatic carbocycles. The molecule has 9 aromatic heterocycles. The number of piperidine rings is 1. The second kappa shape index (κ2) is 43.0. The van der Waals surface area contributed by atoms with Crippen molar-refractivity contribution in [3.63, 3.8) is 0 Å². The van der Waals surface area contributed by atoms with Gasteiger partial charge in [0.15, 0.2) is 5.82 Å². The van der Waals surface area contributed by atoms with Gasteiger partial charge in [-0.3, -0.25) is 38.3 Å². The van der Waals surface area contributed by atoms with Crippen LogP contribution >= 0.6 is 22.7 Å². The van der Waals surface area contributed by atoms with E-state index in [1.165, 1.54) is 18.2 Å². The molecule has 11 heterocycles. The zero-order valence-corrected chi connectivity index (χ0v) is 76.8. The molecule has 2 aliphatic heterocycles. The predicted molar refractivity (Wildman–Crippen MR) is 537 cm³/mol. The van der Waals surface area contributed by atoms with Crippen molar-refractivity contribution in [2.45, 2.75) is 18.9 Å². The largest absolute Gasteiger partial charge is 0.379 e. The van der Waals surface area contributed by atoms with E-state index in [4.69, 9.17) is 34.6 Å². The van der Waals surface area contributed by atoms with E-state index in [1.807, 2.05) is 209 Å². The van der Waals surface area contributed by atoms with Crippen LogP contribution in [0.1, 0.15) is 43.9 Å². The van der Waals surface area contributed by atoms with Crippen LogP contribution in [0.4, 0.5) is 74.8 Å². The number of thiophene rings is 2. The Morgan fingerprint density at radius 1 is 0.448 bits per heavy atom. The van der Waals surface area contributed by atoms with Gasteiger partial charge < -0.3 is 81.7 Å². The molecule has 680 valence electrons. The highest BCUT2D eigenvalue weighted by Crippen LogP contribution is 2.38. The Morgan fingerprint density at radius 3 is 1.40 bits per heavy atom. The van der Waals surface area contributed by atoms with Crippen molar-refractivity contribution >= 4 is 186 Å². The minimum atomic E-state index is -0.275. The normalized spacial score (nSPS) is 13.1. The molecule has 0 bridgehead atoms. The molecule has 2 fully saturated rings. The van der Waals surface area contributed by atoms with Crippen LogP contribution in [0, 0.1) is 0 Å². The summed E-state index contributed by atoms with van der Waals surface area (Å²) in [5.74, 6) is 0.903. The number of aromatic amines is 1. The molecule has 2 aliphatic rings. The van der Waals surface area contributed by atoms with Gasteiger partial charge >= 0.3 is 0 Å². The Kier molecular flexibility index (Phi) is 29.4. The van der Waals surface area contributed by atoms with Crippen molar-refractivity contribution < 1.29 is 33.5 Å². The van der Waals surface area contributed by atoms with Crippen LogP contribution < -0.4 is 52.8 Å². The molecule has 0 atom stereocenters. The van der Waals surface area contributed by atoms with Crippen LogP contribution in [0.2, 0.25) is 0 Å². The van der Waals surface area contributed by atoms with Gasteiger partial charge in [0.2, 0.25) is 35.6 Å². The first-order chi connectivity index (χ1) is 65.0. The zero-order chi connectivity index (χ0) is 93.1. The SMILES string of the molecule is CN(C)C/C=C/C(=O)Nc1ccc(C(=O)Nc2cccc(Nc3nc(-c4ccc5nn(C)cc5c4)c4sccc4n3)c2)cc1.CN(C)C/C=C/C(=O)Nc1ccc(C(=O)Nc2cccc(Nc3nc(-c4cnc5[nH]ccc5c4)c4c(ccn4C)n3)c2)cc1.CN(C)C/C=C/C(=O)Nc1ccc(C(=O)Nc2cccc(Nc3nc(N4CCC(N5CCOCC5)CC4)c4sccc4n3)c2)cc1. The number of anilines is 13. The van der Waals surface area contributed by atoms with E-state index in [-0.39, 0.29) is 35.4 Å². The Morgan fingerprint density at radius 2 is 0.903 bits per heavy atom. The summed E-state index contributed by atoms with van der Waals surface area (Å²) in [6.45, 7) is 7.61. The number of nitrogens with one attached hydrogen (secondary N) is 10. The van der Waals surface area contributed by atoms with E-state index in [1.54, 1.807) is 125 Å². The highest BCUT2D eigenvalue weighted by atomic mass is 32.1. The highest BCUT2D eigenvalue weighted by molar-refractivity contribution is 7.18. The number of fused-ring (bicyclic) bond motifs is 5. The molecule has 18 rings (SSSR count). The van der Waals surface area contributed by atoms with Gasteiger partial charge in [0.1, 0.15) is 11.3 Å². The fourth-order valence-corrected chi connectivity index (χ4v) is 16.9. The molecule has 0 aliphatic carbocycles. The second-order valence-electron chi connectivity index (χ2n) is 32.8. The third-order valence-electron chi connectivity index (χ3n) is 21.8. The number of likely N-dealkylation sites (N-methyl/N-ethyl adjacent to an activating group) is 3. The molecular weight excluding hydrogens is 1730 g/mol. The Balaban J connectivity index is 0.000000146. The Labute approximate surface area is 781 Å². The molecule has 0 saturated carbocycles. The predicted octanol–water partition coefficient (Wildman–Crippen LogP) is 16.9. The molecule has 10 N–H and O–H groups in total. The van der Waals surface area contributed by atoms with Crippen LogP contribution in [-0.2, 0) is 33.2 Å². The van der Waals surface area contributed by atoms with E-state index >= 15 is 0 Å². The number of morpholine rings is 1. The van der Waals surface area contributed by atoms with E-state index in [0.717, 1.165) is 145 Å². The molecule has 16 aromatic rings. The summed E-state index contributed by atoms with van der Waals surface area (Å²) in [6.07, 6.45) is 19.7. The van der Waals surface area contributed by atoms with Crippen molar-refractivity contribution in [2.75, 3.05) is 154 Å². The average Bonchev–Trinajstić information content (AvgIpc) is 1.57. The molecule has 2 saturated heterocycles. The molecule has 34 heteroatoms. The fraction of sp³-hybridized carbons (Fsp3) is 0.200. The second-order valence-corrected chi connectivity index (χ2v) is 34.7. The lowest BCUT2D eigenvalue weighted by molar-refractivity contribution is -0.112. The standard InChI is InChI=1S/C34H40N8O3S.C33H31N9O2.C33H30N8O2S/c1-40(2)15-4-7-30(43)35-25-10-8-24(9-11-25)33(44)36-26-5-3-6-27(23-26)37-34-38-29-14-22-46-31(29)32(39-34)42-16-12-28(13-17-42)41-18-20-45-21-19-41;1-41(2)16-5-8-28(43)36-24-11-9-21(10-12-24)32(44)37-25-6-4-7-26(19-25)38-33-39-27-14-17-42(3)30(27)29(40-33)23-18-22-13-15-34-31(22)35-20-23;1-40(2)16-5-8-29(42)34-24-12-9-21(10-13-24)32(43)35-25-6-4-7-26(19-25)36-33-37-28-15-17-44-31(28)30(38-33)22-11-14-27-23(18-22)20-41(3)39-27/h3-11,14,22-23,28H,12-13,15-21H2,1-2H3,(H,35,43)(H,36,44)(H,37,38,39);4-15,17-20H,16H2,1-3H3,(H,34,35)(H,36,43)(H,37,44)(H,38,39,40);4-15,17-20H,16H2,1-3H3,(H,34,42)(H,35,43)(H,36,37,38)/b7-4+;2*8-5+. The number of benzene rings is 7. The van der Waals surface area contributed by atoms with Crippen LogP contribution in [0.15, 0.2) is 266 Å². The van der Waals surface area contributed by atoms with Gasteiger partial charge in [-0.25, -0.2) is 29.9 Å². The molecule has 32 nitrogen and oxygen atoms in total. The average molecular weight is 1830 g/mol. The summed E-state index contributed by atoms with van der Waals surface area (Å²) in [7, 11) is 15.5. The van der Waals surface area contributed by atoms with Crippen LogP contribution in [0.25, 0.3) is 75.9 Å². The monoisotopic (exact) mass is 1830 g/mol. The van der Waals surface area contributed by atoms with Crippen LogP contribution in [0.5, 0.6) is 0 Å². The topological polar surface area (TPSA) is 365 Å². The smallest absolute Gasteiger partial charge is 0.255 e. The number of aryl methyl sites for hydroxylation is 2. The summed E-state index contributed by atoms with van der Waals surface area (Å²) < 4.78 is 11.5. The van der Waals surface area contributed by atoms with Crippen molar-refractivity contribution in [1.29, 1.82) is 0 Å². The van der Waals surface area contributed by atoms with E-state index in [9.17, 15) is 28.8 Å². The van der Waals surface area contributed by atoms with E-state index in [2.05, 4.69) is 90.2 Å². The molecule has 0 spiro atoms. The van der Waals surface area contributed by atoms with Gasteiger partial charge in [-0.2, -0.15) is 10.1 Å². The molecular formula is C100H101N25O7S2. The van der Waals surface area contributed by atoms with E-state index in [0.29, 0.717) is 100 Å². The van der Waals surface area contributed by atoms with Crippen molar-refractivity contribution in [2.24, 2.45) is 14.1 Å². The number of rotatable bonds is 28. The highest BCUT2D eigenvalue weighted by Gasteiger charge is 2.29. The van der Waals surface area contributed by atoms with E-state index < -0.39 is 0 Å². The lowest BCUT2D eigenvalue weighted by Gasteiger charge is -2.40. The number of pyridine rings is 1. The summed E-state index contributed by atoms with van der Waals surface area (Å²) >= 11 is 3.27. The van der Waals surface area contributed by atoms with Gasteiger partial charge in [-0.15, -0.1) is 22.7 Å². The van der Waals surface area contributed by atoms with Gasteiger partial charge in [-0.1, -0.05) is 42.5 Å². The number of ether oxygens (including phenoxy) is 1. The summed E-state index contributed by atoms with van der Waals surface area (Å²) in [4.78, 5) is 123. The summed E-state index contributed by atoms with van der Waals surface area (Å²) in [5.41, 5.74) is 16.0. The third kappa shape index (κ3) is 24.2. The van der Waals surface area contributed by atoms with Gasteiger partial charge in [-0.05, 0) is 236 Å². The molecule has 0 radical (unpaired) electrons. The van der Waals surface area contributed by atoms with Gasteiger partial charge in [0.25, 0.3) is 17.7 Å². The minimum Gasteiger partial charge on any atom is -0.379 e. The van der Waals surface area contributed by atoms with Gasteiger partial charge in [0, 0.05) is 199 Å². The van der Waals surface area contributed by atoms with Gasteiger partial charge in [0.05, 0.1) is 55.9 Å². The van der Waals surface area contributed by atoms with Crippen molar-refractivity contribution in [3.05, 3.63) is 283 Å². The molecule has 6 amide bonds. The number of amides is 6. The fourth-order valence-electron chi connectivity index (χ4n) is 15.2. The maximum absolute atomic E-state index is 13.0. The summed E-state index contributed by atoms with van der Waals surface area (Å²) in [5, 5.41) is 37.8. The number of H-pyrrole nitrogens is 1. The lowest BCUT2D eigenvalue weighted by Crippen LogP contribution is -2.49. The Bertz CT molecular complexity index is 7010. The minimum absolute atomic E-state index is 0.217. The maximum Gasteiger partial charge on any atom is 0.255 e. The summed E-state index contributed by atoms with van der Waals surface area (Å²) in [6, 6.07) is 59.2. The quantitative estimate of drug-likeness (QED) is 0.0204. The Hall–Kier alpha value is -15.6. The van der Waals surface area contributed by atoms with Crippen molar-refractivity contribution in [3.8, 4) is 22.5 Å². The number of nitrogens with zero attached hydrogens (tertiary/aromatic N) is 15. The van der Waals surface area contributed by atoms with Crippen molar-refractivity contribution in [1.82, 2.24) is 73.8 Å². The zero-order valence-electron chi connectivity index (χ0n) is 75.1. The lowest BCUT2D eigenvalue weighted by atomic mass is 10.0. The number of aromatic nitrogens is 11. The molecule has 0 unspecified atom stereocenters. The van der Waals surface area contributed by atoms with Crippen LogP contribution in [0.3, 0.4) is 0 Å². The maximum atomic E-state index is 13.0. The first kappa shape index (κ1) is 91.7. The molecule has 134 heavy (non-hydrogen) atoms. The number of hydrogen-bond acceptors (Lipinski definition) is 25. The third-order valence-corrected chi connectivity index (χ3v) is 23.6. The first-order valence-electron chi connectivity index (χ1n) is 43.5.